The third kappa shape index (κ3) is 17.0. The van der Waals surface area contributed by atoms with Crippen molar-refractivity contribution in [2.24, 2.45) is 17.4 Å². The number of rotatable bonds is 13. The van der Waals surface area contributed by atoms with Gasteiger partial charge in [0.2, 0.25) is 65.0 Å². The molecule has 3 aromatic rings. The van der Waals surface area contributed by atoms with Gasteiger partial charge in [-0.05, 0) is 87.6 Å². The topological polar surface area (TPSA) is 391 Å². The van der Waals surface area contributed by atoms with Gasteiger partial charge in [0.1, 0.15) is 60.1 Å². The van der Waals surface area contributed by atoms with E-state index >= 15 is 0 Å². The average Bonchev–Trinajstić information content (AvgIpc) is 4.25. The Kier molecular flexibility index (Phi) is 22.0. The number of nitrogens with one attached hydrogen (secondary N) is 9. The summed E-state index contributed by atoms with van der Waals surface area (Å²) in [5.41, 5.74) is 12.9. The number of amides is 11. The van der Waals surface area contributed by atoms with Crippen LogP contribution < -0.4 is 54.0 Å². The van der Waals surface area contributed by atoms with Crippen molar-refractivity contribution in [2.75, 3.05) is 26.2 Å². The quantitative estimate of drug-likeness (QED) is 0.0778. The highest BCUT2D eigenvalue weighted by molar-refractivity contribution is 6.00. The molecule has 4 heterocycles. The largest absolute Gasteiger partial charge is 0.508 e. The molecule has 3 aliphatic heterocycles. The normalized spacial score (nSPS) is 25.7. The number of phenols is 1. The molecule has 0 spiro atoms. The van der Waals surface area contributed by atoms with Gasteiger partial charge < -0.3 is 73.9 Å². The standard InChI is InChI=1S/C54H74N14O12/c1-30(2)45-52(78)65-40(24-32-11-5-4-6-12-32)54(80)68-22-10-15-42(68)51(77)60-31(3)46(72)63-38(25-34-27-57-29-59-34)47(73)62-36(13-7-8-20-55)53(79)67-21-9-14-41(67)50(76)58-28-44(71)61-39(26-43(56)70)48(74)64-37(49(75)66-45)23-33-16-18-35(69)19-17-33/h4-6,11-12,16-19,27,29-31,36-42,45,69H,7-10,13-15,20-26,28,55H2,1-3H3,(H2,56,70)(H,57,59)(H,58,76)(H,60,77)(H,61,71)(H,62,73)(H,63,72)(H,64,74)(H,65,78)(H,66,75)/t31-,36-,37-,38-,39-,40-,41-,42-,45-/m0/s1. The first kappa shape index (κ1) is 60.8. The van der Waals surface area contributed by atoms with Crippen molar-refractivity contribution < 1.29 is 57.8 Å². The molecule has 26 heteroatoms. The summed E-state index contributed by atoms with van der Waals surface area (Å²) in [6.45, 7) is 4.45. The summed E-state index contributed by atoms with van der Waals surface area (Å²) in [5, 5.41) is 31.1. The Hall–Kier alpha value is -8.42. The van der Waals surface area contributed by atoms with E-state index < -0.39 is 138 Å². The fourth-order valence-corrected chi connectivity index (χ4v) is 9.92. The number of imidazole rings is 1. The monoisotopic (exact) mass is 1110 g/mol. The Morgan fingerprint density at radius 1 is 0.637 bits per heavy atom. The number of hydrogen-bond acceptors (Lipinski definition) is 14. The summed E-state index contributed by atoms with van der Waals surface area (Å²) in [6.07, 6.45) is 3.80. The zero-order valence-electron chi connectivity index (χ0n) is 45.2. The molecule has 2 aromatic carbocycles. The van der Waals surface area contributed by atoms with Gasteiger partial charge in [-0.1, -0.05) is 56.3 Å². The van der Waals surface area contributed by atoms with Gasteiger partial charge in [-0.2, -0.15) is 0 Å². The lowest BCUT2D eigenvalue weighted by atomic mass is 9.99. The fourth-order valence-electron chi connectivity index (χ4n) is 9.92. The highest BCUT2D eigenvalue weighted by atomic mass is 16.3. The number of H-pyrrole nitrogens is 1. The van der Waals surface area contributed by atoms with Crippen LogP contribution in [0.25, 0.3) is 0 Å². The molecule has 14 N–H and O–H groups in total. The first-order valence-corrected chi connectivity index (χ1v) is 27.0. The van der Waals surface area contributed by atoms with E-state index in [0.29, 0.717) is 42.5 Å². The van der Waals surface area contributed by atoms with Crippen LogP contribution in [0.4, 0.5) is 0 Å². The van der Waals surface area contributed by atoms with E-state index in [-0.39, 0.29) is 63.9 Å². The van der Waals surface area contributed by atoms with E-state index in [9.17, 15) is 57.8 Å². The van der Waals surface area contributed by atoms with Crippen molar-refractivity contribution in [3.63, 3.8) is 0 Å². The van der Waals surface area contributed by atoms with Crippen molar-refractivity contribution in [1.29, 1.82) is 0 Å². The number of nitrogens with two attached hydrogens (primary N) is 2. The van der Waals surface area contributed by atoms with E-state index in [1.54, 1.807) is 44.2 Å². The highest BCUT2D eigenvalue weighted by Crippen LogP contribution is 2.23. The third-order valence-corrected chi connectivity index (χ3v) is 14.2. The number of fused-ring (bicyclic) bond motifs is 2. The second-order valence-electron chi connectivity index (χ2n) is 20.7. The van der Waals surface area contributed by atoms with Crippen LogP contribution in [0.5, 0.6) is 5.75 Å². The molecule has 1 aromatic heterocycles. The minimum atomic E-state index is -1.69. The first-order chi connectivity index (χ1) is 38.2. The molecule has 11 amide bonds. The molecular formula is C54H74N14O12. The molecule has 3 aliphatic rings. The maximum Gasteiger partial charge on any atom is 0.246 e. The third-order valence-electron chi connectivity index (χ3n) is 14.2. The van der Waals surface area contributed by atoms with E-state index in [1.807, 2.05) is 0 Å². The van der Waals surface area contributed by atoms with Crippen molar-refractivity contribution in [3.05, 3.63) is 83.9 Å². The van der Waals surface area contributed by atoms with Gasteiger partial charge in [-0.25, -0.2) is 4.98 Å². The number of unbranched alkanes of at least 4 members (excludes halogenated alkanes) is 1. The number of carbonyl (C=O) groups is 11. The molecule has 0 bridgehead atoms. The first-order valence-electron chi connectivity index (χ1n) is 27.0. The zero-order chi connectivity index (χ0) is 58.0. The summed E-state index contributed by atoms with van der Waals surface area (Å²) in [7, 11) is 0. The number of benzene rings is 2. The number of aromatic nitrogens is 2. The molecule has 0 radical (unpaired) electrons. The van der Waals surface area contributed by atoms with Gasteiger partial charge >= 0.3 is 0 Å². The van der Waals surface area contributed by atoms with Crippen LogP contribution in [-0.2, 0) is 72.0 Å². The lowest BCUT2D eigenvalue weighted by molar-refractivity contribution is -0.143. The molecule has 0 aliphatic carbocycles. The highest BCUT2D eigenvalue weighted by Gasteiger charge is 2.42. The fraction of sp³-hybridized carbons (Fsp3) is 0.519. The van der Waals surface area contributed by atoms with E-state index in [4.69, 9.17) is 11.5 Å². The number of aromatic amines is 1. The number of aromatic hydroxyl groups is 1. The number of primary amides is 1. The van der Waals surface area contributed by atoms with Crippen molar-refractivity contribution >= 4 is 65.0 Å². The SMILES string of the molecule is CC(C)[C@@H]1NC(=O)[C@H](Cc2ccc(O)cc2)NC(=O)[C@H](CC(N)=O)NC(=O)CNC(=O)[C@@H]2CCCN2C(=O)[C@H](CCCCN)NC(=O)[C@H](Cc2cnc[nH]2)NC(=O)[C@H](C)NC(=O)[C@@H]2CCCN2C(=O)[C@H](Cc2ccccc2)NC1=O. The minimum Gasteiger partial charge on any atom is -0.508 e. The minimum absolute atomic E-state index is 0.0398. The smallest absolute Gasteiger partial charge is 0.246 e. The molecule has 0 unspecified atom stereocenters. The molecule has 26 nitrogen and oxygen atoms in total. The Labute approximate surface area is 462 Å². The van der Waals surface area contributed by atoms with Crippen molar-refractivity contribution in [1.82, 2.24) is 62.3 Å². The molecule has 3 saturated heterocycles. The van der Waals surface area contributed by atoms with Gasteiger partial charge in [0.05, 0.1) is 19.3 Å². The molecule has 9 atom stereocenters. The summed E-state index contributed by atoms with van der Waals surface area (Å²) in [4.78, 5) is 164. The van der Waals surface area contributed by atoms with Crippen molar-refractivity contribution in [3.8, 4) is 5.75 Å². The van der Waals surface area contributed by atoms with Gasteiger partial charge in [0, 0.05) is 44.2 Å². The molecule has 0 saturated carbocycles. The predicted octanol–water partition coefficient (Wildman–Crippen LogP) is -2.67. The van der Waals surface area contributed by atoms with Gasteiger partial charge in [-0.15, -0.1) is 0 Å². The lowest BCUT2D eigenvalue weighted by Gasteiger charge is -2.32. The summed E-state index contributed by atoms with van der Waals surface area (Å²) >= 11 is 0. The van der Waals surface area contributed by atoms with Crippen LogP contribution in [-0.4, -0.2) is 170 Å². The van der Waals surface area contributed by atoms with Gasteiger partial charge in [0.15, 0.2) is 0 Å². The van der Waals surface area contributed by atoms with E-state index in [0.717, 1.165) is 0 Å². The molecule has 80 heavy (non-hydrogen) atoms. The van der Waals surface area contributed by atoms with Crippen LogP contribution in [0.2, 0.25) is 0 Å². The van der Waals surface area contributed by atoms with Crippen LogP contribution in [0, 0.1) is 5.92 Å². The Morgan fingerprint density at radius 2 is 1.20 bits per heavy atom. The van der Waals surface area contributed by atoms with E-state index in [1.165, 1.54) is 53.5 Å². The maximum atomic E-state index is 14.8. The van der Waals surface area contributed by atoms with Crippen molar-refractivity contribution in [2.45, 2.75) is 146 Å². The second-order valence-corrected chi connectivity index (χ2v) is 20.7. The Balaban J connectivity index is 1.35. The number of nitrogens with zero attached hydrogens (tertiary/aromatic N) is 3. The van der Waals surface area contributed by atoms with Crippen LogP contribution in [0.1, 0.15) is 89.0 Å². The average molecular weight is 1110 g/mol. The molecule has 6 rings (SSSR count). The molecule has 432 valence electrons. The van der Waals surface area contributed by atoms with Crippen LogP contribution >= 0.6 is 0 Å². The van der Waals surface area contributed by atoms with Crippen LogP contribution in [0.3, 0.4) is 0 Å². The zero-order valence-corrected chi connectivity index (χ0v) is 45.2. The summed E-state index contributed by atoms with van der Waals surface area (Å²) in [6, 6.07) is 2.63. The molecular weight excluding hydrogens is 1040 g/mol. The number of carbonyl (C=O) groups excluding carboxylic acids is 11. The van der Waals surface area contributed by atoms with E-state index in [2.05, 4.69) is 52.5 Å². The lowest BCUT2D eigenvalue weighted by Crippen LogP contribution is -2.61. The maximum absolute atomic E-state index is 14.8. The number of hydrogen-bond donors (Lipinski definition) is 12. The van der Waals surface area contributed by atoms with Gasteiger partial charge in [-0.3, -0.25) is 52.7 Å². The van der Waals surface area contributed by atoms with Gasteiger partial charge in [0.25, 0.3) is 0 Å². The predicted molar refractivity (Wildman–Crippen MR) is 287 cm³/mol. The summed E-state index contributed by atoms with van der Waals surface area (Å²) in [5.74, 6) is -9.61. The van der Waals surface area contributed by atoms with Crippen LogP contribution in [0.15, 0.2) is 67.1 Å². The molecule has 3 fully saturated rings. The summed E-state index contributed by atoms with van der Waals surface area (Å²) < 4.78 is 0. The second kappa shape index (κ2) is 29.0. The number of phenolic OH excluding ortho intramolecular Hbond substituents is 1. The Morgan fingerprint density at radius 3 is 1.82 bits per heavy atom. The Bertz CT molecular complexity index is 2690.